The van der Waals surface area contributed by atoms with E-state index >= 15 is 8.78 Å². The molecule has 386 valence electrons. The van der Waals surface area contributed by atoms with Crippen molar-refractivity contribution in [3.05, 3.63) is 81.4 Å². The second-order valence-corrected chi connectivity index (χ2v) is 20.1. The number of rotatable bonds is 16. The van der Waals surface area contributed by atoms with Crippen LogP contribution < -0.4 is 22.4 Å². The van der Waals surface area contributed by atoms with Crippen LogP contribution >= 0.6 is 15.6 Å². The van der Waals surface area contributed by atoms with Gasteiger partial charge in [0.05, 0.1) is 50.5 Å². The fraction of sp³-hybridized carbons (Fsp3) is 0.585. The molecule has 4 aliphatic heterocycles. The van der Waals surface area contributed by atoms with Crippen LogP contribution in [0.1, 0.15) is 77.2 Å². The molecule has 1 aromatic carbocycles. The maximum atomic E-state index is 15.4. The van der Waals surface area contributed by atoms with Crippen molar-refractivity contribution >= 4 is 45.1 Å². The summed E-state index contributed by atoms with van der Waals surface area (Å²) in [4.78, 5) is 67.6. The minimum absolute atomic E-state index is 0.0834. The first-order valence-electron chi connectivity index (χ1n) is 21.7. The highest BCUT2D eigenvalue weighted by Gasteiger charge is 2.66. The molecule has 7 rings (SSSR count). The van der Waals surface area contributed by atoms with Crippen molar-refractivity contribution in [1.29, 1.82) is 0 Å². The van der Waals surface area contributed by atoms with Gasteiger partial charge in [-0.15, -0.1) is 0 Å². The molecule has 29 heteroatoms. The van der Waals surface area contributed by atoms with Crippen LogP contribution in [0, 0.1) is 11.8 Å². The van der Waals surface area contributed by atoms with Gasteiger partial charge < -0.3 is 30.0 Å². The minimum atomic E-state index is -4.42. The lowest BCUT2D eigenvalue weighted by molar-refractivity contribution is -0.153. The smallest absolute Gasteiger partial charge is 0.463 e. The molecule has 0 aliphatic carbocycles. The third-order valence-corrected chi connectivity index (χ3v) is 13.5. The highest BCUT2D eigenvalue weighted by Crippen LogP contribution is 2.61. The van der Waals surface area contributed by atoms with E-state index in [9.17, 15) is 41.9 Å². The number of phosphoric ester groups is 2. The van der Waals surface area contributed by atoms with Gasteiger partial charge in [-0.25, -0.2) is 18.7 Å². The Morgan fingerprint density at radius 2 is 1.17 bits per heavy atom. The number of carbonyl (C=O) groups excluding carboxylic acids is 3. The average molecular weight is 1040 g/mol. The summed E-state index contributed by atoms with van der Waals surface area (Å²) in [6.07, 6.45) is -9.28. The number of carbonyl (C=O) groups is 3. The number of anilines is 2. The maximum absolute atomic E-state index is 15.4. The quantitative estimate of drug-likeness (QED) is 0.103. The molecule has 0 saturated carbocycles. The van der Waals surface area contributed by atoms with Gasteiger partial charge in [0.1, 0.15) is 23.8 Å². The van der Waals surface area contributed by atoms with Crippen molar-refractivity contribution in [3.8, 4) is 0 Å². The molecule has 0 radical (unpaired) electrons. The number of hydrogen-bond acceptors (Lipinski definition) is 20. The van der Waals surface area contributed by atoms with E-state index in [0.717, 1.165) is 12.4 Å². The van der Waals surface area contributed by atoms with Crippen molar-refractivity contribution in [3.63, 3.8) is 0 Å². The number of phosphoric acid groups is 2. The van der Waals surface area contributed by atoms with E-state index in [1.54, 1.807) is 71.9 Å². The molecular weight excluding hydrogens is 986 g/mol. The van der Waals surface area contributed by atoms with Crippen LogP contribution in [0.5, 0.6) is 0 Å². The fourth-order valence-corrected chi connectivity index (χ4v) is 9.74. The number of hydrogen-bond donors (Lipinski definition) is 2. The molecule has 3 aromatic rings. The normalized spacial score (nSPS) is 28.4. The molecule has 4 unspecified atom stereocenters. The number of aromatic nitrogens is 4. The van der Waals surface area contributed by atoms with Gasteiger partial charge in [0, 0.05) is 18.0 Å². The van der Waals surface area contributed by atoms with Gasteiger partial charge in [0.15, 0.2) is 12.2 Å². The van der Waals surface area contributed by atoms with Crippen molar-refractivity contribution in [2.45, 2.75) is 115 Å². The Bertz CT molecular complexity index is 2580. The summed E-state index contributed by atoms with van der Waals surface area (Å²) in [6, 6.07) is 10.5. The van der Waals surface area contributed by atoms with Crippen LogP contribution in [-0.4, -0.2) is 112 Å². The number of benzene rings is 1. The predicted octanol–water partition coefficient (Wildman–Crippen LogP) is 5.42. The Balaban J connectivity index is 0.000000236. The molecule has 1 amide bonds. The lowest BCUT2D eigenvalue weighted by Crippen LogP contribution is -2.45. The number of esters is 2. The van der Waals surface area contributed by atoms with Gasteiger partial charge in [-0.3, -0.25) is 50.7 Å². The van der Waals surface area contributed by atoms with Crippen molar-refractivity contribution in [2.75, 3.05) is 37.5 Å². The van der Waals surface area contributed by atoms with Crippen molar-refractivity contribution in [1.82, 2.24) is 19.1 Å². The molecule has 3 N–H and O–H groups in total. The number of amides is 1. The van der Waals surface area contributed by atoms with E-state index in [1.807, 2.05) is 0 Å². The first-order valence-corrected chi connectivity index (χ1v) is 24.7. The molecule has 0 spiro atoms. The lowest BCUT2D eigenvalue weighted by Gasteiger charge is -2.31. The number of fused-ring (bicyclic) bond motifs is 2. The monoisotopic (exact) mass is 1040 g/mol. The molecule has 4 aliphatic rings. The van der Waals surface area contributed by atoms with E-state index in [2.05, 4.69) is 15.3 Å². The number of nitrogens with zero attached hydrogens (tertiary/aromatic N) is 4. The predicted molar refractivity (Wildman–Crippen MR) is 232 cm³/mol. The van der Waals surface area contributed by atoms with E-state index in [1.165, 1.54) is 12.1 Å². The van der Waals surface area contributed by atoms with E-state index in [-0.39, 0.29) is 49.9 Å². The van der Waals surface area contributed by atoms with Crippen LogP contribution in [0.3, 0.4) is 0 Å². The van der Waals surface area contributed by atoms with Gasteiger partial charge >= 0.3 is 50.8 Å². The highest BCUT2D eigenvalue weighted by atomic mass is 31.2. The van der Waals surface area contributed by atoms with Crippen LogP contribution in [0.15, 0.2) is 64.4 Å². The molecule has 2 aromatic heterocycles. The molecule has 10 atom stereocenters. The molecule has 6 heterocycles. The zero-order valence-corrected chi connectivity index (χ0v) is 40.2. The number of nitrogens with one attached hydrogen (secondary N) is 1. The van der Waals surface area contributed by atoms with E-state index in [4.69, 9.17) is 51.8 Å². The van der Waals surface area contributed by atoms with Gasteiger partial charge in [0.2, 0.25) is 12.5 Å². The summed E-state index contributed by atoms with van der Waals surface area (Å²) in [5.74, 6) is -10.5. The third kappa shape index (κ3) is 12.9. The summed E-state index contributed by atoms with van der Waals surface area (Å²) in [5, 5.41) is 2.42. The second kappa shape index (κ2) is 22.2. The van der Waals surface area contributed by atoms with Gasteiger partial charge in [-0.2, -0.15) is 27.5 Å². The van der Waals surface area contributed by atoms with Gasteiger partial charge in [-0.1, -0.05) is 32.0 Å². The molecular formula is C41H52F4N6O17P2. The zero-order chi connectivity index (χ0) is 51.3. The standard InChI is InChI=1S/C24H28F2N3O9P.C17H24F2N3O8P/c1-14(2)36-21(31)15(3)10-12-34-39(33)35-13-17-19(38-39)24(25,26)22(37-17)29-11-9-18(28-23(29)32)27-20(30)16-7-5-4-6-8-16;1-9(2)28-14(23)10(3)5-7-26-31(25)27-8-11-13(30-31)17(18,19)15(29-11)22-6-4-12(20)21-16(22)24/h4-9,11,14-15,17,19,22H,10,12-13H2,1-3H3,(H,27,28,30,32);4,6,9-11,13,15H,5,7-8H2,1-3H3,(H2,20,21,24)/t15-,17-,19?,22-,39?;10-,11-,13?,15-,31?/m11/s1. The molecule has 70 heavy (non-hydrogen) atoms. The number of alkyl halides is 4. The topological polar surface area (TPSA) is 285 Å². The van der Waals surface area contributed by atoms with Crippen LogP contribution in [0.4, 0.5) is 29.2 Å². The van der Waals surface area contributed by atoms with E-state index < -0.39 is 119 Å². The maximum Gasteiger partial charge on any atom is 0.475 e. The Hall–Kier alpha value is -4.95. The van der Waals surface area contributed by atoms with Gasteiger partial charge in [0.25, 0.3) is 5.91 Å². The SMILES string of the molecule is CC(C)OC(=O)[C@H](C)CCOP1(=O)OC[C@H]2O[C@@H](n3ccc(N)nc3=O)C(F)(F)C2O1.CC(C)OC(=O)[C@H](C)CCOP1(=O)OC[C@H]2O[C@@H](n3ccc(NC(=O)c4ccccc4)nc3=O)C(F)(F)C2O1. The minimum Gasteiger partial charge on any atom is -0.463 e. The van der Waals surface area contributed by atoms with Crippen LogP contribution in [0.25, 0.3) is 0 Å². The molecule has 4 saturated heterocycles. The van der Waals surface area contributed by atoms with Gasteiger partial charge in [-0.05, 0) is 64.8 Å². The molecule has 23 nitrogen and oxygen atoms in total. The van der Waals surface area contributed by atoms with Crippen LogP contribution in [-0.2, 0) is 64.8 Å². The number of ether oxygens (including phenoxy) is 4. The Labute approximate surface area is 396 Å². The second-order valence-electron chi connectivity index (χ2n) is 16.8. The first-order chi connectivity index (χ1) is 32.8. The fourth-order valence-electron chi connectivity index (χ4n) is 6.93. The summed E-state index contributed by atoms with van der Waals surface area (Å²) in [6.45, 7) is 8.37. The number of nitrogen functional groups attached to an aromatic ring is 1. The van der Waals surface area contributed by atoms with E-state index in [0.29, 0.717) is 14.7 Å². The number of nitrogens with two attached hydrogens (primary N) is 1. The average Bonchev–Trinajstić information content (AvgIpc) is 3.69. The zero-order valence-electron chi connectivity index (χ0n) is 38.4. The molecule has 4 fully saturated rings. The van der Waals surface area contributed by atoms with Crippen molar-refractivity contribution < 1.29 is 87.2 Å². The Kier molecular flexibility index (Phi) is 17.3. The lowest BCUT2D eigenvalue weighted by atomic mass is 10.1. The largest absolute Gasteiger partial charge is 0.475 e. The van der Waals surface area contributed by atoms with Crippen LogP contribution in [0.2, 0.25) is 0 Å². The summed E-state index contributed by atoms with van der Waals surface area (Å²) in [7, 11) is -8.77. The third-order valence-electron chi connectivity index (χ3n) is 10.6. The molecule has 0 bridgehead atoms. The summed E-state index contributed by atoms with van der Waals surface area (Å²) >= 11 is 0. The summed E-state index contributed by atoms with van der Waals surface area (Å²) in [5.41, 5.74) is 3.53. The highest BCUT2D eigenvalue weighted by molar-refractivity contribution is 7.48. The Morgan fingerprint density at radius 3 is 1.60 bits per heavy atom. The summed E-state index contributed by atoms with van der Waals surface area (Å²) < 4.78 is 138. The number of halogens is 4. The Morgan fingerprint density at radius 1 is 0.729 bits per heavy atom. The van der Waals surface area contributed by atoms with Crippen molar-refractivity contribution in [2.24, 2.45) is 11.8 Å². The first kappa shape index (κ1) is 54.4.